The number of phosphoric ester groups is 1. The Morgan fingerprint density at radius 2 is 0.770 bits per heavy atom. The first kappa shape index (κ1) is 72.0. The van der Waals surface area contributed by atoms with Crippen LogP contribution in [0.15, 0.2) is 48.6 Å². The van der Waals surface area contributed by atoms with Gasteiger partial charge in [-0.1, -0.05) is 281 Å². The molecule has 0 saturated carbocycles. The molecule has 0 fully saturated rings. The summed E-state index contributed by atoms with van der Waals surface area (Å²) in [6, 6.07) is 0. The number of unbranched alkanes of at least 4 members (excludes halogenated alkanes) is 36. The number of ether oxygens (including phenoxy) is 2. The Kier molecular flexibility index (Phi) is 54.2. The van der Waals surface area contributed by atoms with E-state index >= 15 is 0 Å². The van der Waals surface area contributed by atoms with Gasteiger partial charge in [-0.15, -0.1) is 0 Å². The average Bonchev–Trinajstić information content (AvgIpc) is 3.36. The number of quaternary nitrogens is 1. The Labute approximate surface area is 458 Å². The van der Waals surface area contributed by atoms with Gasteiger partial charge in [0.2, 0.25) is 0 Å². The van der Waals surface area contributed by atoms with Gasteiger partial charge in [-0.3, -0.25) is 18.6 Å². The minimum Gasteiger partial charge on any atom is -0.462 e. The van der Waals surface area contributed by atoms with E-state index in [9.17, 15) is 19.0 Å². The van der Waals surface area contributed by atoms with Gasteiger partial charge in [0.15, 0.2) is 6.10 Å². The topological polar surface area (TPSA) is 108 Å². The van der Waals surface area contributed by atoms with Gasteiger partial charge in [0.25, 0.3) is 0 Å². The SMILES string of the molecule is CC/C=C\C/C=C\C/C=C\C/C=C\CCCCCCCCCCCCCCCCCCCCCCC(=O)OC(COC(=O)CCCCCCCCCCCCCCCCCCC)COP(=O)(O)OCC[N+](C)(C)C. The van der Waals surface area contributed by atoms with E-state index in [0.717, 1.165) is 57.8 Å². The molecule has 0 spiro atoms. The number of phosphoric acid groups is 1. The normalized spacial score (nSPS) is 13.5. The Morgan fingerprint density at radius 3 is 1.15 bits per heavy atom. The number of likely N-dealkylation sites (N-methyl/N-ethyl adjacent to an activating group) is 1. The molecule has 9 nitrogen and oxygen atoms in total. The van der Waals surface area contributed by atoms with Gasteiger partial charge in [0.05, 0.1) is 27.7 Å². The van der Waals surface area contributed by atoms with Crippen molar-refractivity contribution in [2.45, 2.75) is 302 Å². The molecule has 74 heavy (non-hydrogen) atoms. The van der Waals surface area contributed by atoms with E-state index in [1.165, 1.54) is 205 Å². The van der Waals surface area contributed by atoms with Crippen molar-refractivity contribution in [2.24, 2.45) is 0 Å². The van der Waals surface area contributed by atoms with Crippen LogP contribution < -0.4 is 0 Å². The standard InChI is InChI=1S/C64H120NO8P/c1-6-8-10-12-14-16-18-20-22-24-25-26-27-28-29-30-31-32-33-34-35-36-37-38-39-41-43-45-47-49-51-53-55-57-64(67)73-62(61-72-74(68,69)71-59-58-65(3,4)5)60-70-63(66)56-54-52-50-48-46-44-42-40-23-21-19-17-15-13-11-9-7-2/h8,10,14,16,20,22,25-26,62H,6-7,9,11-13,15,17-19,21,23-24,27-61H2,1-5H3/p+1/b10-8-,16-14-,22-20-,26-25-. The van der Waals surface area contributed by atoms with Crippen LogP contribution >= 0.6 is 7.82 Å². The second-order valence-corrected chi connectivity index (χ2v) is 23.9. The number of hydrogen-bond donors (Lipinski definition) is 1. The molecule has 0 aliphatic heterocycles. The van der Waals surface area contributed by atoms with E-state index in [2.05, 4.69) is 62.5 Å². The zero-order chi connectivity index (χ0) is 54.2. The maximum Gasteiger partial charge on any atom is 0.472 e. The molecule has 0 amide bonds. The number of carbonyl (C=O) groups excluding carboxylic acids is 2. The predicted octanol–water partition coefficient (Wildman–Crippen LogP) is 19.7. The van der Waals surface area contributed by atoms with Crippen molar-refractivity contribution in [1.82, 2.24) is 0 Å². The van der Waals surface area contributed by atoms with E-state index in [-0.39, 0.29) is 25.6 Å². The van der Waals surface area contributed by atoms with E-state index in [1.807, 2.05) is 21.1 Å². The van der Waals surface area contributed by atoms with Gasteiger partial charge >= 0.3 is 19.8 Å². The highest BCUT2D eigenvalue weighted by Gasteiger charge is 2.27. The van der Waals surface area contributed by atoms with Gasteiger partial charge in [-0.25, -0.2) is 4.57 Å². The number of nitrogens with zero attached hydrogens (tertiary/aromatic N) is 1. The summed E-state index contributed by atoms with van der Waals surface area (Å²) in [6.45, 7) is 4.37. The Hall–Kier alpha value is -2.03. The summed E-state index contributed by atoms with van der Waals surface area (Å²) in [6.07, 6.45) is 70.5. The lowest BCUT2D eigenvalue weighted by Gasteiger charge is -2.24. The molecule has 0 radical (unpaired) electrons. The molecule has 0 aromatic heterocycles. The number of carbonyl (C=O) groups is 2. The van der Waals surface area contributed by atoms with Crippen molar-refractivity contribution in [1.29, 1.82) is 0 Å². The maximum absolute atomic E-state index is 12.8. The lowest BCUT2D eigenvalue weighted by atomic mass is 10.0. The fourth-order valence-corrected chi connectivity index (χ4v) is 9.81. The monoisotopic (exact) mass is 1060 g/mol. The minimum absolute atomic E-state index is 0.0343. The van der Waals surface area contributed by atoms with Crippen LogP contribution in [0.5, 0.6) is 0 Å². The first-order valence-corrected chi connectivity index (χ1v) is 32.9. The molecule has 0 aromatic rings. The van der Waals surface area contributed by atoms with Crippen LogP contribution in [-0.4, -0.2) is 74.9 Å². The Balaban J connectivity index is 4.00. The second kappa shape index (κ2) is 55.7. The first-order chi connectivity index (χ1) is 36.0. The highest BCUT2D eigenvalue weighted by molar-refractivity contribution is 7.47. The largest absolute Gasteiger partial charge is 0.472 e. The molecule has 2 unspecified atom stereocenters. The molecular weight excluding hydrogens is 942 g/mol. The summed E-state index contributed by atoms with van der Waals surface area (Å²) in [4.78, 5) is 35.7. The molecule has 10 heteroatoms. The smallest absolute Gasteiger partial charge is 0.462 e. The van der Waals surface area contributed by atoms with Gasteiger partial charge in [-0.05, 0) is 51.4 Å². The fourth-order valence-electron chi connectivity index (χ4n) is 9.07. The molecule has 2 atom stereocenters. The van der Waals surface area contributed by atoms with Crippen molar-refractivity contribution in [2.75, 3.05) is 47.5 Å². The fraction of sp³-hybridized carbons (Fsp3) is 0.844. The van der Waals surface area contributed by atoms with Gasteiger partial charge < -0.3 is 18.9 Å². The van der Waals surface area contributed by atoms with E-state index in [0.29, 0.717) is 23.9 Å². The molecule has 0 saturated heterocycles. The third-order valence-corrected chi connectivity index (χ3v) is 14.9. The van der Waals surface area contributed by atoms with Crippen LogP contribution in [0.2, 0.25) is 0 Å². The van der Waals surface area contributed by atoms with Crippen LogP contribution in [-0.2, 0) is 32.7 Å². The molecule has 0 aliphatic carbocycles. The van der Waals surface area contributed by atoms with Crippen LogP contribution in [0.1, 0.15) is 296 Å². The summed E-state index contributed by atoms with van der Waals surface area (Å²) in [5, 5.41) is 0. The van der Waals surface area contributed by atoms with Gasteiger partial charge in [0.1, 0.15) is 19.8 Å². The van der Waals surface area contributed by atoms with E-state index < -0.39 is 26.5 Å². The van der Waals surface area contributed by atoms with Crippen LogP contribution in [0.3, 0.4) is 0 Å². The number of rotatable bonds is 58. The molecule has 0 rings (SSSR count). The Morgan fingerprint density at radius 1 is 0.432 bits per heavy atom. The van der Waals surface area contributed by atoms with Gasteiger partial charge in [0, 0.05) is 12.8 Å². The first-order valence-electron chi connectivity index (χ1n) is 31.4. The number of esters is 2. The summed E-state index contributed by atoms with van der Waals surface area (Å²) < 4.78 is 34.6. The maximum atomic E-state index is 12.8. The lowest BCUT2D eigenvalue weighted by Crippen LogP contribution is -2.37. The van der Waals surface area contributed by atoms with Crippen molar-refractivity contribution in [3.05, 3.63) is 48.6 Å². The molecule has 0 aliphatic rings. The Bertz CT molecular complexity index is 1390. The lowest BCUT2D eigenvalue weighted by molar-refractivity contribution is -0.870. The molecule has 434 valence electrons. The summed E-state index contributed by atoms with van der Waals surface area (Å²) in [5.74, 6) is -0.780. The van der Waals surface area contributed by atoms with Crippen LogP contribution in [0.4, 0.5) is 0 Å². The van der Waals surface area contributed by atoms with Gasteiger partial charge in [-0.2, -0.15) is 0 Å². The highest BCUT2D eigenvalue weighted by atomic mass is 31.2. The zero-order valence-electron chi connectivity index (χ0n) is 49.3. The third kappa shape index (κ3) is 59.2. The molecule has 0 aromatic carbocycles. The zero-order valence-corrected chi connectivity index (χ0v) is 50.2. The van der Waals surface area contributed by atoms with E-state index in [4.69, 9.17) is 18.5 Å². The molecule has 0 heterocycles. The van der Waals surface area contributed by atoms with Crippen molar-refractivity contribution in [3.63, 3.8) is 0 Å². The third-order valence-electron chi connectivity index (χ3n) is 13.9. The molecular formula is C64H121NO8P+. The van der Waals surface area contributed by atoms with Crippen molar-refractivity contribution >= 4 is 19.8 Å². The molecule has 0 bridgehead atoms. The predicted molar refractivity (Wildman–Crippen MR) is 317 cm³/mol. The van der Waals surface area contributed by atoms with Crippen LogP contribution in [0.25, 0.3) is 0 Å². The quantitative estimate of drug-likeness (QED) is 0.0211. The summed E-state index contributed by atoms with van der Waals surface area (Å²) >= 11 is 0. The van der Waals surface area contributed by atoms with Crippen molar-refractivity contribution in [3.8, 4) is 0 Å². The van der Waals surface area contributed by atoms with E-state index in [1.54, 1.807) is 0 Å². The van der Waals surface area contributed by atoms with Crippen molar-refractivity contribution < 1.29 is 42.1 Å². The van der Waals surface area contributed by atoms with Crippen LogP contribution in [0, 0.1) is 0 Å². The molecule has 1 N–H and O–H groups in total. The minimum atomic E-state index is -4.38. The highest BCUT2D eigenvalue weighted by Crippen LogP contribution is 2.43. The number of hydrogen-bond acceptors (Lipinski definition) is 7. The second-order valence-electron chi connectivity index (χ2n) is 22.4. The number of allylic oxidation sites excluding steroid dienone is 8. The average molecular weight is 1060 g/mol. The summed E-state index contributed by atoms with van der Waals surface area (Å²) in [7, 11) is 1.49. The summed E-state index contributed by atoms with van der Waals surface area (Å²) in [5.41, 5.74) is 0.